The molecule has 1 amide bonds. The summed E-state index contributed by atoms with van der Waals surface area (Å²) >= 11 is 0. The third-order valence-electron chi connectivity index (χ3n) is 3.14. The molecule has 0 aliphatic heterocycles. The van der Waals surface area contributed by atoms with Crippen LogP contribution in [0.5, 0.6) is 0 Å². The van der Waals surface area contributed by atoms with E-state index in [1.165, 1.54) is 5.56 Å². The average molecular weight is 248 g/mol. The van der Waals surface area contributed by atoms with Gasteiger partial charge in [0.05, 0.1) is 6.04 Å². The van der Waals surface area contributed by atoms with Gasteiger partial charge in [0.1, 0.15) is 0 Å². The maximum absolute atomic E-state index is 11.9. The van der Waals surface area contributed by atoms with Crippen LogP contribution in [0.15, 0.2) is 18.2 Å². The van der Waals surface area contributed by atoms with E-state index < -0.39 is 6.04 Å². The molecule has 3 nitrogen and oxygen atoms in total. The SMILES string of the molecule is Cc1cc(C(C)(C)C)ccc1N(C)C(=O)C(C)N. The third kappa shape index (κ3) is 3.10. The van der Waals surface area contributed by atoms with Gasteiger partial charge in [0.2, 0.25) is 5.91 Å². The normalized spacial score (nSPS) is 13.3. The number of amides is 1. The Hall–Kier alpha value is -1.35. The molecular weight excluding hydrogens is 224 g/mol. The Bertz CT molecular complexity index is 444. The summed E-state index contributed by atoms with van der Waals surface area (Å²) < 4.78 is 0. The van der Waals surface area contributed by atoms with Crippen molar-refractivity contribution in [3.05, 3.63) is 29.3 Å². The van der Waals surface area contributed by atoms with Gasteiger partial charge in [-0.15, -0.1) is 0 Å². The molecule has 1 unspecified atom stereocenters. The number of anilines is 1. The highest BCUT2D eigenvalue weighted by molar-refractivity contribution is 5.96. The van der Waals surface area contributed by atoms with Crippen LogP contribution in [0, 0.1) is 6.92 Å². The third-order valence-corrected chi connectivity index (χ3v) is 3.14. The molecule has 2 N–H and O–H groups in total. The molecule has 0 aliphatic carbocycles. The molecule has 1 aromatic carbocycles. The summed E-state index contributed by atoms with van der Waals surface area (Å²) in [4.78, 5) is 13.5. The van der Waals surface area contributed by atoms with Gasteiger partial charge in [0, 0.05) is 12.7 Å². The largest absolute Gasteiger partial charge is 0.320 e. The van der Waals surface area contributed by atoms with Gasteiger partial charge in [-0.05, 0) is 36.5 Å². The van der Waals surface area contributed by atoms with E-state index in [2.05, 4.69) is 32.9 Å². The first-order valence-corrected chi connectivity index (χ1v) is 6.29. The van der Waals surface area contributed by atoms with Gasteiger partial charge in [-0.25, -0.2) is 0 Å². The summed E-state index contributed by atoms with van der Waals surface area (Å²) in [6.45, 7) is 10.3. The van der Waals surface area contributed by atoms with E-state index in [9.17, 15) is 4.79 Å². The lowest BCUT2D eigenvalue weighted by molar-refractivity contribution is -0.119. The fourth-order valence-electron chi connectivity index (χ4n) is 1.92. The quantitative estimate of drug-likeness (QED) is 0.874. The smallest absolute Gasteiger partial charge is 0.243 e. The van der Waals surface area contributed by atoms with Crippen molar-refractivity contribution in [2.24, 2.45) is 5.73 Å². The van der Waals surface area contributed by atoms with Crippen molar-refractivity contribution in [2.75, 3.05) is 11.9 Å². The van der Waals surface area contributed by atoms with Crippen molar-refractivity contribution in [3.8, 4) is 0 Å². The van der Waals surface area contributed by atoms with Crippen LogP contribution in [0.2, 0.25) is 0 Å². The Labute approximate surface area is 110 Å². The first kappa shape index (κ1) is 14.7. The van der Waals surface area contributed by atoms with E-state index in [0.717, 1.165) is 11.3 Å². The molecule has 0 bridgehead atoms. The highest BCUT2D eigenvalue weighted by atomic mass is 16.2. The van der Waals surface area contributed by atoms with Crippen molar-refractivity contribution in [1.82, 2.24) is 0 Å². The zero-order valence-corrected chi connectivity index (χ0v) is 12.2. The van der Waals surface area contributed by atoms with E-state index in [0.29, 0.717) is 0 Å². The number of nitrogens with zero attached hydrogens (tertiary/aromatic N) is 1. The maximum atomic E-state index is 11.9. The number of rotatable bonds is 2. The molecule has 0 aromatic heterocycles. The number of benzene rings is 1. The minimum absolute atomic E-state index is 0.0680. The molecule has 0 radical (unpaired) electrons. The molecule has 0 spiro atoms. The molecule has 0 heterocycles. The predicted octanol–water partition coefficient (Wildman–Crippen LogP) is 2.60. The molecule has 0 saturated carbocycles. The van der Waals surface area contributed by atoms with Crippen LogP contribution < -0.4 is 10.6 Å². The summed E-state index contributed by atoms with van der Waals surface area (Å²) in [5, 5.41) is 0. The topological polar surface area (TPSA) is 46.3 Å². The van der Waals surface area contributed by atoms with E-state index in [1.807, 2.05) is 13.0 Å². The monoisotopic (exact) mass is 248 g/mol. The lowest BCUT2D eigenvalue weighted by Gasteiger charge is -2.25. The van der Waals surface area contributed by atoms with E-state index in [-0.39, 0.29) is 11.3 Å². The van der Waals surface area contributed by atoms with Crippen LogP contribution in [0.25, 0.3) is 0 Å². The van der Waals surface area contributed by atoms with Crippen molar-refractivity contribution in [2.45, 2.75) is 46.1 Å². The van der Waals surface area contributed by atoms with Gasteiger partial charge in [-0.3, -0.25) is 4.79 Å². The van der Waals surface area contributed by atoms with Gasteiger partial charge < -0.3 is 10.6 Å². The van der Waals surface area contributed by atoms with Crippen LogP contribution in [0.3, 0.4) is 0 Å². The second-order valence-electron chi connectivity index (χ2n) is 5.94. The van der Waals surface area contributed by atoms with Gasteiger partial charge in [0.25, 0.3) is 0 Å². The number of carbonyl (C=O) groups excluding carboxylic acids is 1. The van der Waals surface area contributed by atoms with Crippen molar-refractivity contribution in [1.29, 1.82) is 0 Å². The highest BCUT2D eigenvalue weighted by Gasteiger charge is 2.19. The molecule has 0 fully saturated rings. The minimum atomic E-state index is -0.475. The second kappa shape index (κ2) is 5.11. The lowest BCUT2D eigenvalue weighted by Crippen LogP contribution is -2.40. The Morgan fingerprint density at radius 3 is 2.28 bits per heavy atom. The first-order chi connectivity index (χ1) is 8.14. The zero-order chi connectivity index (χ0) is 14.1. The van der Waals surface area contributed by atoms with Crippen molar-refractivity contribution in [3.63, 3.8) is 0 Å². The summed E-state index contributed by atoms with van der Waals surface area (Å²) in [6.07, 6.45) is 0. The second-order valence-corrected chi connectivity index (χ2v) is 5.94. The number of likely N-dealkylation sites (N-methyl/N-ethyl adjacent to an activating group) is 1. The summed E-state index contributed by atoms with van der Waals surface area (Å²) in [6, 6.07) is 5.74. The van der Waals surface area contributed by atoms with Gasteiger partial charge in [-0.2, -0.15) is 0 Å². The Kier molecular flexibility index (Phi) is 4.17. The van der Waals surface area contributed by atoms with E-state index in [1.54, 1.807) is 18.9 Å². The maximum Gasteiger partial charge on any atom is 0.243 e. The highest BCUT2D eigenvalue weighted by Crippen LogP contribution is 2.27. The van der Waals surface area contributed by atoms with Crippen LogP contribution >= 0.6 is 0 Å². The average Bonchev–Trinajstić information content (AvgIpc) is 2.25. The molecule has 1 atom stereocenters. The Morgan fingerprint density at radius 2 is 1.89 bits per heavy atom. The molecule has 0 aliphatic rings. The number of carbonyl (C=O) groups is 1. The number of hydrogen-bond acceptors (Lipinski definition) is 2. The standard InChI is InChI=1S/C15H24N2O/c1-10-9-12(15(3,4)5)7-8-13(10)17(6)14(18)11(2)16/h7-9,11H,16H2,1-6H3. The lowest BCUT2D eigenvalue weighted by atomic mass is 9.86. The predicted molar refractivity (Wildman–Crippen MR) is 76.9 cm³/mol. The molecule has 1 rings (SSSR count). The van der Waals surface area contributed by atoms with Gasteiger partial charge in [0.15, 0.2) is 0 Å². The van der Waals surface area contributed by atoms with Crippen LogP contribution in [0.1, 0.15) is 38.8 Å². The number of aryl methyl sites for hydroxylation is 1. The Balaban J connectivity index is 3.10. The van der Waals surface area contributed by atoms with E-state index in [4.69, 9.17) is 5.73 Å². The number of nitrogens with two attached hydrogens (primary N) is 1. The first-order valence-electron chi connectivity index (χ1n) is 6.29. The summed E-state index contributed by atoms with van der Waals surface area (Å²) in [5.74, 6) is -0.0680. The molecule has 100 valence electrons. The van der Waals surface area contributed by atoms with Gasteiger partial charge in [-0.1, -0.05) is 32.9 Å². The van der Waals surface area contributed by atoms with Crippen molar-refractivity contribution < 1.29 is 4.79 Å². The van der Waals surface area contributed by atoms with Crippen LogP contribution in [-0.4, -0.2) is 19.0 Å². The van der Waals surface area contributed by atoms with Crippen LogP contribution in [0.4, 0.5) is 5.69 Å². The molecule has 3 heteroatoms. The van der Waals surface area contributed by atoms with Crippen molar-refractivity contribution >= 4 is 11.6 Å². The zero-order valence-electron chi connectivity index (χ0n) is 12.2. The fourth-order valence-corrected chi connectivity index (χ4v) is 1.92. The molecule has 18 heavy (non-hydrogen) atoms. The van der Waals surface area contributed by atoms with E-state index >= 15 is 0 Å². The molecular formula is C15H24N2O. The fraction of sp³-hybridized carbons (Fsp3) is 0.533. The van der Waals surface area contributed by atoms with Gasteiger partial charge >= 0.3 is 0 Å². The Morgan fingerprint density at radius 1 is 1.33 bits per heavy atom. The molecule has 1 aromatic rings. The molecule has 0 saturated heterocycles. The van der Waals surface area contributed by atoms with Crippen LogP contribution in [-0.2, 0) is 10.2 Å². The summed E-state index contributed by atoms with van der Waals surface area (Å²) in [5.41, 5.74) is 9.04. The minimum Gasteiger partial charge on any atom is -0.320 e. The summed E-state index contributed by atoms with van der Waals surface area (Å²) in [7, 11) is 1.77. The number of hydrogen-bond donors (Lipinski definition) is 1.